The number of rotatable bonds is 6. The molecule has 0 aromatic heterocycles. The smallest absolute Gasteiger partial charge is 0.255 e. The Hall–Kier alpha value is -2.40. The number of ketones is 2. The molecule has 4 atom stereocenters. The molecular weight excluding hydrogens is 551 g/mol. The summed E-state index contributed by atoms with van der Waals surface area (Å²) in [5.41, 5.74) is 6.49. The zero-order valence-electron chi connectivity index (χ0n) is 19.4. The van der Waals surface area contributed by atoms with E-state index >= 15 is 0 Å². The van der Waals surface area contributed by atoms with Gasteiger partial charge in [-0.1, -0.05) is 13.3 Å². The number of unbranched alkanes of at least 4 members (excludes halogenated alkanes) is 1. The molecule has 1 amide bonds. The van der Waals surface area contributed by atoms with Crippen LogP contribution in [0.25, 0.3) is 5.76 Å². The number of nitrogens with zero attached hydrogens (tertiary/aromatic N) is 1. The normalized spacial score (nSPS) is 26.4. The van der Waals surface area contributed by atoms with Crippen molar-refractivity contribution >= 4 is 45.8 Å². The number of primary amides is 1. The van der Waals surface area contributed by atoms with Crippen LogP contribution in [0.2, 0.25) is 0 Å². The van der Waals surface area contributed by atoms with Crippen LogP contribution in [0, 0.1) is 21.3 Å². The standard InChI is InChI=1S/C25H29IN2O6/c1-4-5-8-34-15-7-6-14(26)12-9-11-10-13-18(22(30)16(11)21(29)17(12)15)23(31)19(25(27)33)24(32)20(13)28(2)3/h6-7,11,13,18,20,29,32H,4-5,8-10H2,1-3H3,(H2,27,33)/t11-,13+,18?,20-/m0/s1. The second-order valence-corrected chi connectivity index (χ2v) is 10.6. The van der Waals surface area contributed by atoms with Crippen LogP contribution < -0.4 is 10.5 Å². The molecule has 3 aliphatic rings. The molecule has 0 bridgehead atoms. The molecule has 4 N–H and O–H groups in total. The summed E-state index contributed by atoms with van der Waals surface area (Å²) in [6.45, 7) is 2.55. The van der Waals surface area contributed by atoms with E-state index in [-0.39, 0.29) is 23.0 Å². The molecule has 0 spiro atoms. The Balaban J connectivity index is 1.84. The van der Waals surface area contributed by atoms with Gasteiger partial charge in [0.05, 0.1) is 24.1 Å². The van der Waals surface area contributed by atoms with E-state index in [9.17, 15) is 24.6 Å². The fraction of sp³-hybridized carbons (Fsp3) is 0.480. The quantitative estimate of drug-likeness (QED) is 0.204. The van der Waals surface area contributed by atoms with Crippen LogP contribution in [0.15, 0.2) is 29.0 Å². The highest BCUT2D eigenvalue weighted by Gasteiger charge is 2.55. The van der Waals surface area contributed by atoms with Crippen LogP contribution in [-0.2, 0) is 20.8 Å². The Bertz CT molecular complexity index is 1140. The van der Waals surface area contributed by atoms with E-state index in [1.807, 2.05) is 6.07 Å². The number of carbonyl (C=O) groups is 3. The minimum atomic E-state index is -1.19. The molecular formula is C25H29IN2O6. The number of halogens is 1. The molecule has 1 saturated carbocycles. The number of allylic oxidation sites excluding steroid dienone is 1. The minimum absolute atomic E-state index is 0.159. The van der Waals surface area contributed by atoms with Crippen molar-refractivity contribution in [1.82, 2.24) is 4.90 Å². The topological polar surface area (TPSA) is 130 Å². The molecule has 0 aliphatic heterocycles. The van der Waals surface area contributed by atoms with Crippen molar-refractivity contribution in [1.29, 1.82) is 0 Å². The second-order valence-electron chi connectivity index (χ2n) is 9.40. The zero-order chi connectivity index (χ0) is 24.9. The number of hydrogen-bond donors (Lipinski definition) is 3. The highest BCUT2D eigenvalue weighted by Crippen LogP contribution is 2.50. The number of fused-ring (bicyclic) bond motifs is 3. The van der Waals surface area contributed by atoms with Gasteiger partial charge >= 0.3 is 0 Å². The van der Waals surface area contributed by atoms with Gasteiger partial charge in [0, 0.05) is 9.14 Å². The summed E-state index contributed by atoms with van der Waals surface area (Å²) in [6, 6.07) is 3.03. The van der Waals surface area contributed by atoms with Gasteiger partial charge in [-0.25, -0.2) is 0 Å². The Kier molecular flexibility index (Phi) is 6.78. The van der Waals surface area contributed by atoms with Crippen molar-refractivity contribution in [3.05, 3.63) is 43.7 Å². The van der Waals surface area contributed by atoms with E-state index in [0.29, 0.717) is 30.8 Å². The van der Waals surface area contributed by atoms with Gasteiger partial charge in [0.1, 0.15) is 22.8 Å². The van der Waals surface area contributed by atoms with Gasteiger partial charge < -0.3 is 20.7 Å². The number of aliphatic hydroxyl groups is 2. The van der Waals surface area contributed by atoms with Gasteiger partial charge in [-0.15, -0.1) is 0 Å². The Morgan fingerprint density at radius 2 is 1.94 bits per heavy atom. The van der Waals surface area contributed by atoms with E-state index in [1.54, 1.807) is 25.1 Å². The summed E-state index contributed by atoms with van der Waals surface area (Å²) in [5.74, 6) is -4.42. The largest absolute Gasteiger partial charge is 0.510 e. The van der Waals surface area contributed by atoms with Crippen molar-refractivity contribution < 1.29 is 29.3 Å². The molecule has 1 unspecified atom stereocenters. The fourth-order valence-electron chi connectivity index (χ4n) is 5.66. The van der Waals surface area contributed by atoms with Crippen LogP contribution in [0.1, 0.15) is 37.3 Å². The third kappa shape index (κ3) is 3.82. The predicted octanol–water partition coefficient (Wildman–Crippen LogP) is 2.93. The Labute approximate surface area is 212 Å². The van der Waals surface area contributed by atoms with E-state index < -0.39 is 40.9 Å². The molecule has 1 aromatic rings. The van der Waals surface area contributed by atoms with E-state index in [2.05, 4.69) is 29.5 Å². The lowest BCUT2D eigenvalue weighted by Gasteiger charge is -2.46. The van der Waals surface area contributed by atoms with Gasteiger partial charge in [0.25, 0.3) is 5.91 Å². The lowest BCUT2D eigenvalue weighted by molar-refractivity contribution is -0.136. The number of ether oxygens (including phenoxy) is 1. The molecule has 4 rings (SSSR count). The van der Waals surface area contributed by atoms with Gasteiger partial charge in [-0.3, -0.25) is 19.3 Å². The first-order valence-electron chi connectivity index (χ1n) is 11.5. The Morgan fingerprint density at radius 1 is 1.24 bits per heavy atom. The average Bonchev–Trinajstić information content (AvgIpc) is 2.74. The highest BCUT2D eigenvalue weighted by molar-refractivity contribution is 14.1. The maximum absolute atomic E-state index is 13.8. The van der Waals surface area contributed by atoms with E-state index in [0.717, 1.165) is 22.0 Å². The molecule has 3 aliphatic carbocycles. The zero-order valence-corrected chi connectivity index (χ0v) is 21.6. The first-order chi connectivity index (χ1) is 16.1. The van der Waals surface area contributed by atoms with E-state index in [4.69, 9.17) is 10.5 Å². The van der Waals surface area contributed by atoms with Gasteiger partial charge in [-0.05, 0) is 85.5 Å². The number of likely N-dealkylation sites (N-methyl/N-ethyl adjacent to an activating group) is 1. The van der Waals surface area contributed by atoms with Gasteiger partial charge in [0.15, 0.2) is 11.6 Å². The van der Waals surface area contributed by atoms with Crippen LogP contribution in [0.3, 0.4) is 0 Å². The first kappa shape index (κ1) is 24.7. The summed E-state index contributed by atoms with van der Waals surface area (Å²) >= 11 is 2.22. The Morgan fingerprint density at radius 3 is 2.56 bits per heavy atom. The average molecular weight is 580 g/mol. The molecule has 1 aromatic carbocycles. The molecule has 182 valence electrons. The molecule has 0 heterocycles. The first-order valence-corrected chi connectivity index (χ1v) is 12.5. The van der Waals surface area contributed by atoms with Crippen LogP contribution >= 0.6 is 22.6 Å². The van der Waals surface area contributed by atoms with Crippen molar-refractivity contribution in [2.45, 2.75) is 38.6 Å². The van der Waals surface area contributed by atoms with Crippen LogP contribution in [0.5, 0.6) is 5.75 Å². The molecule has 0 saturated heterocycles. The molecule has 34 heavy (non-hydrogen) atoms. The van der Waals surface area contributed by atoms with Gasteiger partial charge in [-0.2, -0.15) is 0 Å². The fourth-order valence-corrected chi connectivity index (χ4v) is 6.33. The number of benzene rings is 1. The number of carbonyl (C=O) groups excluding carboxylic acids is 3. The number of hydrogen-bond acceptors (Lipinski definition) is 7. The maximum atomic E-state index is 13.8. The summed E-state index contributed by atoms with van der Waals surface area (Å²) in [5, 5.41) is 22.1. The number of aliphatic hydroxyl groups excluding tert-OH is 2. The molecule has 8 nitrogen and oxygen atoms in total. The van der Waals surface area contributed by atoms with E-state index in [1.165, 1.54) is 0 Å². The van der Waals surface area contributed by atoms with Crippen molar-refractivity contribution in [3.8, 4) is 5.75 Å². The molecule has 9 heteroatoms. The third-order valence-electron chi connectivity index (χ3n) is 7.13. The number of Topliss-reactive ketones (excluding diaryl/α,β-unsaturated/α-hetero) is 2. The third-order valence-corrected chi connectivity index (χ3v) is 8.14. The molecule has 1 fully saturated rings. The molecule has 0 radical (unpaired) electrons. The van der Waals surface area contributed by atoms with Crippen molar-refractivity contribution in [3.63, 3.8) is 0 Å². The van der Waals surface area contributed by atoms with Crippen LogP contribution in [-0.4, -0.2) is 59.3 Å². The van der Waals surface area contributed by atoms with Gasteiger partial charge in [0.2, 0.25) is 0 Å². The summed E-state index contributed by atoms with van der Waals surface area (Å²) in [6.07, 6.45) is 2.72. The SMILES string of the molecule is CCCCOc1ccc(I)c2c1C(O)=C1C(=O)C3C(=O)C(C(N)=O)=C(O)[C@@H](N(C)C)[C@@H]3C[C@@H]1C2. The number of amides is 1. The summed E-state index contributed by atoms with van der Waals surface area (Å²) in [4.78, 5) is 40.7. The highest BCUT2D eigenvalue weighted by atomic mass is 127. The lowest BCUT2D eigenvalue weighted by Crippen LogP contribution is -2.55. The summed E-state index contributed by atoms with van der Waals surface area (Å²) < 4.78 is 6.90. The number of nitrogens with two attached hydrogens (primary N) is 1. The lowest BCUT2D eigenvalue weighted by atomic mass is 9.59. The van der Waals surface area contributed by atoms with Crippen LogP contribution in [0.4, 0.5) is 0 Å². The predicted molar refractivity (Wildman–Crippen MR) is 134 cm³/mol. The summed E-state index contributed by atoms with van der Waals surface area (Å²) in [7, 11) is 3.44. The second kappa shape index (κ2) is 9.33. The maximum Gasteiger partial charge on any atom is 0.255 e. The minimum Gasteiger partial charge on any atom is -0.510 e. The van der Waals surface area contributed by atoms with Crippen molar-refractivity contribution in [2.75, 3.05) is 20.7 Å². The van der Waals surface area contributed by atoms with Crippen molar-refractivity contribution in [2.24, 2.45) is 23.5 Å². The monoisotopic (exact) mass is 580 g/mol.